The van der Waals surface area contributed by atoms with Crippen molar-refractivity contribution in [1.82, 2.24) is 14.8 Å². The Morgan fingerprint density at radius 3 is 2.55 bits per heavy atom. The van der Waals surface area contributed by atoms with Gasteiger partial charge in [0.05, 0.1) is 21.5 Å². The lowest BCUT2D eigenvalue weighted by Gasteiger charge is -2.09. The molecule has 1 amide bonds. The molecule has 8 heteroatoms. The van der Waals surface area contributed by atoms with Crippen LogP contribution < -0.4 is 5.32 Å². The molecular weight excluding hydrogens is 343 g/mol. The van der Waals surface area contributed by atoms with Gasteiger partial charge in [0.2, 0.25) is 5.91 Å². The van der Waals surface area contributed by atoms with Crippen LogP contribution in [0.2, 0.25) is 10.0 Å². The van der Waals surface area contributed by atoms with Crippen molar-refractivity contribution in [2.45, 2.75) is 32.0 Å². The van der Waals surface area contributed by atoms with Crippen LogP contribution in [0.5, 0.6) is 0 Å². The molecule has 0 radical (unpaired) electrons. The van der Waals surface area contributed by atoms with Gasteiger partial charge in [0.25, 0.3) is 0 Å². The Morgan fingerprint density at radius 2 is 1.95 bits per heavy atom. The molecule has 0 fully saturated rings. The number of amides is 1. The number of anilines is 1. The Morgan fingerprint density at radius 1 is 1.27 bits per heavy atom. The van der Waals surface area contributed by atoms with Crippen molar-refractivity contribution in [2.24, 2.45) is 0 Å². The molecule has 1 N–H and O–H groups in total. The van der Waals surface area contributed by atoms with Crippen molar-refractivity contribution in [3.05, 3.63) is 34.1 Å². The third kappa shape index (κ3) is 3.94. The van der Waals surface area contributed by atoms with E-state index in [4.69, 9.17) is 23.2 Å². The Hall–Kier alpha value is -1.24. The monoisotopic (exact) mass is 358 g/mol. The Labute approximate surface area is 143 Å². The minimum atomic E-state index is -0.191. The first-order valence-electron chi connectivity index (χ1n) is 6.85. The topological polar surface area (TPSA) is 59.8 Å². The number of halogens is 2. The maximum Gasteiger partial charge on any atom is 0.234 e. The highest BCUT2D eigenvalue weighted by atomic mass is 35.5. The van der Waals surface area contributed by atoms with Crippen LogP contribution in [0.4, 0.5) is 5.69 Å². The van der Waals surface area contributed by atoms with Gasteiger partial charge in [0.15, 0.2) is 5.16 Å². The Balaban J connectivity index is 2.00. The van der Waals surface area contributed by atoms with Crippen LogP contribution in [0.15, 0.2) is 23.4 Å². The van der Waals surface area contributed by atoms with E-state index in [-0.39, 0.29) is 11.7 Å². The quantitative estimate of drug-likeness (QED) is 0.795. The summed E-state index contributed by atoms with van der Waals surface area (Å²) in [6.45, 7) is 4.82. The molecule has 1 aromatic heterocycles. The number of rotatable bonds is 6. The summed E-state index contributed by atoms with van der Waals surface area (Å²) in [5, 5.41) is 12.5. The van der Waals surface area contributed by atoms with Gasteiger partial charge in [-0.2, -0.15) is 0 Å². The number of nitrogens with one attached hydrogen (secondary N) is 1. The van der Waals surface area contributed by atoms with Gasteiger partial charge >= 0.3 is 0 Å². The lowest BCUT2D eigenvalue weighted by atomic mass is 10.3. The second-order valence-electron chi connectivity index (χ2n) is 4.43. The van der Waals surface area contributed by atoms with Crippen molar-refractivity contribution in [2.75, 3.05) is 11.1 Å². The molecule has 0 atom stereocenters. The van der Waals surface area contributed by atoms with E-state index in [9.17, 15) is 4.79 Å². The third-order valence-electron chi connectivity index (χ3n) is 2.99. The molecule has 1 heterocycles. The highest BCUT2D eigenvalue weighted by Crippen LogP contribution is 2.30. The summed E-state index contributed by atoms with van der Waals surface area (Å²) in [5.74, 6) is 0.937. The van der Waals surface area contributed by atoms with Crippen molar-refractivity contribution >= 4 is 46.6 Å². The van der Waals surface area contributed by atoms with E-state index in [0.29, 0.717) is 15.7 Å². The van der Waals surface area contributed by atoms with Crippen molar-refractivity contribution in [3.63, 3.8) is 0 Å². The fourth-order valence-electron chi connectivity index (χ4n) is 1.93. The van der Waals surface area contributed by atoms with Crippen molar-refractivity contribution in [3.8, 4) is 0 Å². The van der Waals surface area contributed by atoms with Crippen LogP contribution in [0.1, 0.15) is 19.7 Å². The molecule has 1 aromatic carbocycles. The van der Waals surface area contributed by atoms with Crippen LogP contribution >= 0.6 is 35.0 Å². The number of carbonyl (C=O) groups is 1. The SMILES string of the molecule is CCc1nnc(SCC(=O)Nc2c(Cl)cccc2Cl)n1CC. The zero-order chi connectivity index (χ0) is 16.1. The number of carbonyl (C=O) groups excluding carboxylic acids is 1. The first-order valence-corrected chi connectivity index (χ1v) is 8.59. The van der Waals surface area contributed by atoms with Crippen LogP contribution in [0, 0.1) is 0 Å². The maximum absolute atomic E-state index is 12.1. The minimum Gasteiger partial charge on any atom is -0.323 e. The van der Waals surface area contributed by atoms with Gasteiger partial charge in [-0.05, 0) is 19.1 Å². The molecule has 0 aliphatic rings. The molecule has 22 heavy (non-hydrogen) atoms. The van der Waals surface area contributed by atoms with Gasteiger partial charge < -0.3 is 9.88 Å². The molecule has 0 spiro atoms. The van der Waals surface area contributed by atoms with Crippen LogP contribution in [-0.4, -0.2) is 26.4 Å². The summed E-state index contributed by atoms with van der Waals surface area (Å²) in [6, 6.07) is 5.08. The number of nitrogens with zero attached hydrogens (tertiary/aromatic N) is 3. The Kier molecular flexibility index (Phi) is 6.11. The van der Waals surface area contributed by atoms with E-state index in [1.165, 1.54) is 11.8 Å². The molecule has 0 aliphatic carbocycles. The lowest BCUT2D eigenvalue weighted by Crippen LogP contribution is -2.15. The highest BCUT2D eigenvalue weighted by molar-refractivity contribution is 7.99. The highest BCUT2D eigenvalue weighted by Gasteiger charge is 2.14. The van der Waals surface area contributed by atoms with Gasteiger partial charge in [-0.1, -0.05) is 48.0 Å². The number of para-hydroxylation sites is 1. The smallest absolute Gasteiger partial charge is 0.234 e. The van der Waals surface area contributed by atoms with E-state index in [1.54, 1.807) is 18.2 Å². The van der Waals surface area contributed by atoms with E-state index in [2.05, 4.69) is 15.5 Å². The number of aromatic nitrogens is 3. The van der Waals surface area contributed by atoms with Gasteiger partial charge in [-0.25, -0.2) is 0 Å². The number of aryl methyl sites for hydroxylation is 1. The fraction of sp³-hybridized carbons (Fsp3) is 0.357. The Bertz CT molecular complexity index is 655. The molecule has 0 saturated heterocycles. The first kappa shape index (κ1) is 17.1. The molecule has 2 rings (SSSR count). The molecule has 118 valence electrons. The summed E-state index contributed by atoms with van der Waals surface area (Å²) in [5.41, 5.74) is 0.433. The molecule has 0 aliphatic heterocycles. The molecular formula is C14H16Cl2N4OS. The van der Waals surface area contributed by atoms with Crippen molar-refractivity contribution < 1.29 is 4.79 Å². The van der Waals surface area contributed by atoms with E-state index in [1.807, 2.05) is 18.4 Å². The zero-order valence-electron chi connectivity index (χ0n) is 12.3. The average molecular weight is 359 g/mol. The number of thioether (sulfide) groups is 1. The van der Waals surface area contributed by atoms with E-state index in [0.717, 1.165) is 23.9 Å². The summed E-state index contributed by atoms with van der Waals surface area (Å²) in [7, 11) is 0. The summed E-state index contributed by atoms with van der Waals surface area (Å²) in [6.07, 6.45) is 0.808. The number of benzene rings is 1. The van der Waals surface area contributed by atoms with Crippen LogP contribution in [0.25, 0.3) is 0 Å². The molecule has 2 aromatic rings. The summed E-state index contributed by atoms with van der Waals surface area (Å²) in [4.78, 5) is 12.1. The maximum atomic E-state index is 12.1. The molecule has 0 bridgehead atoms. The first-order chi connectivity index (χ1) is 10.6. The predicted molar refractivity (Wildman–Crippen MR) is 90.9 cm³/mol. The number of hydrogen-bond acceptors (Lipinski definition) is 4. The van der Waals surface area contributed by atoms with Gasteiger partial charge in [0.1, 0.15) is 5.82 Å². The van der Waals surface area contributed by atoms with Crippen LogP contribution in [0.3, 0.4) is 0 Å². The van der Waals surface area contributed by atoms with Gasteiger partial charge in [-0.3, -0.25) is 4.79 Å². The van der Waals surface area contributed by atoms with Gasteiger partial charge in [-0.15, -0.1) is 10.2 Å². The fourth-order valence-corrected chi connectivity index (χ4v) is 3.24. The van der Waals surface area contributed by atoms with E-state index < -0.39 is 0 Å². The zero-order valence-corrected chi connectivity index (χ0v) is 14.6. The lowest BCUT2D eigenvalue weighted by molar-refractivity contribution is -0.113. The van der Waals surface area contributed by atoms with Crippen LogP contribution in [-0.2, 0) is 17.8 Å². The standard InChI is InChI=1S/C14H16Cl2N4OS/c1-3-11-18-19-14(20(11)4-2)22-8-12(21)17-13-9(15)6-5-7-10(13)16/h5-7H,3-4,8H2,1-2H3,(H,17,21). The normalized spacial score (nSPS) is 10.7. The second kappa shape index (κ2) is 7.85. The summed E-state index contributed by atoms with van der Waals surface area (Å²) < 4.78 is 2.00. The minimum absolute atomic E-state index is 0.191. The molecule has 0 saturated carbocycles. The average Bonchev–Trinajstić information content (AvgIpc) is 2.91. The number of hydrogen-bond donors (Lipinski definition) is 1. The second-order valence-corrected chi connectivity index (χ2v) is 6.19. The molecule has 0 unspecified atom stereocenters. The van der Waals surface area contributed by atoms with Crippen molar-refractivity contribution in [1.29, 1.82) is 0 Å². The van der Waals surface area contributed by atoms with Gasteiger partial charge in [0, 0.05) is 13.0 Å². The molecule has 5 nitrogen and oxygen atoms in total. The van der Waals surface area contributed by atoms with E-state index >= 15 is 0 Å². The third-order valence-corrected chi connectivity index (χ3v) is 4.58. The summed E-state index contributed by atoms with van der Waals surface area (Å²) >= 11 is 13.4. The predicted octanol–water partition coefficient (Wildman–Crippen LogP) is 3.90. The largest absolute Gasteiger partial charge is 0.323 e.